The Labute approximate surface area is 213 Å². The topological polar surface area (TPSA) is 13.0 Å². The first kappa shape index (κ1) is 25.0. The zero-order valence-corrected chi connectivity index (χ0v) is 22.5. The van der Waals surface area contributed by atoms with E-state index in [2.05, 4.69) is 95.9 Å². The zero-order valence-electron chi connectivity index (χ0n) is 22.5. The highest BCUT2D eigenvalue weighted by atomic mass is 15.3. The molecule has 0 aromatic heterocycles. The fraction of sp³-hybridized carbons (Fsp3) is 0.613. The second kappa shape index (κ2) is 11.1. The average molecular weight is 475 g/mol. The van der Waals surface area contributed by atoms with Crippen molar-refractivity contribution in [2.45, 2.75) is 70.6 Å². The minimum Gasteiger partial charge on any atom is -0.300 e. The third-order valence-corrected chi connectivity index (χ3v) is 9.28. The molecule has 0 N–H and O–H groups in total. The van der Waals surface area contributed by atoms with Crippen LogP contribution in [0.4, 0.5) is 0 Å². The number of benzene rings is 2. The normalized spacial score (nSPS) is 29.3. The maximum Gasteiger partial charge on any atom is 0.0264 e. The van der Waals surface area contributed by atoms with E-state index in [0.29, 0.717) is 24.2 Å². The third-order valence-electron chi connectivity index (χ3n) is 9.28. The maximum absolute atomic E-state index is 2.69. The molecule has 0 radical (unpaired) electrons. The lowest BCUT2D eigenvalue weighted by molar-refractivity contribution is 0.0303. The van der Waals surface area contributed by atoms with Crippen LogP contribution in [0.3, 0.4) is 0 Å². The minimum atomic E-state index is 0.702. The van der Waals surface area contributed by atoms with Gasteiger partial charge in [-0.05, 0) is 74.6 Å². The van der Waals surface area contributed by atoms with Crippen molar-refractivity contribution in [1.82, 2.24) is 19.6 Å². The lowest BCUT2D eigenvalue weighted by Crippen LogP contribution is -2.60. The molecule has 0 aliphatic carbocycles. The summed E-state index contributed by atoms with van der Waals surface area (Å²) in [4.78, 5) is 10.6. The molecule has 35 heavy (non-hydrogen) atoms. The van der Waals surface area contributed by atoms with Gasteiger partial charge in [0.2, 0.25) is 0 Å². The van der Waals surface area contributed by atoms with Crippen LogP contribution in [0.15, 0.2) is 48.5 Å². The molecule has 190 valence electrons. The zero-order chi connectivity index (χ0) is 24.4. The number of hydrogen-bond acceptors (Lipinski definition) is 4. The largest absolute Gasteiger partial charge is 0.300 e. The quantitative estimate of drug-likeness (QED) is 0.667. The third kappa shape index (κ3) is 5.36. The predicted molar refractivity (Wildman–Crippen MR) is 147 cm³/mol. The van der Waals surface area contributed by atoms with Crippen LogP contribution in [0, 0.1) is 0 Å². The number of piperazine rings is 2. The Balaban J connectivity index is 0.000000145. The molecule has 4 heteroatoms. The van der Waals surface area contributed by atoms with E-state index in [4.69, 9.17) is 0 Å². The molecule has 2 aromatic carbocycles. The van der Waals surface area contributed by atoms with Crippen molar-refractivity contribution >= 4 is 0 Å². The van der Waals surface area contributed by atoms with Crippen molar-refractivity contribution in [3.05, 3.63) is 70.8 Å². The Kier molecular flexibility index (Phi) is 7.93. The Morgan fingerprint density at radius 2 is 0.829 bits per heavy atom. The van der Waals surface area contributed by atoms with Crippen molar-refractivity contribution in [2.24, 2.45) is 0 Å². The highest BCUT2D eigenvalue weighted by molar-refractivity contribution is 5.31. The Morgan fingerprint density at radius 1 is 0.514 bits per heavy atom. The molecule has 2 saturated heterocycles. The predicted octanol–water partition coefficient (Wildman–Crippen LogP) is 3.97. The molecule has 8 rings (SSSR count). The first-order chi connectivity index (χ1) is 17.1. The smallest absolute Gasteiger partial charge is 0.0264 e. The summed E-state index contributed by atoms with van der Waals surface area (Å²) in [6.07, 6.45) is 4.90. The van der Waals surface area contributed by atoms with Crippen LogP contribution in [0.5, 0.6) is 0 Å². The Hall–Kier alpha value is -1.72. The number of rotatable bonds is 3. The first-order valence-electron chi connectivity index (χ1n) is 14.1. The van der Waals surface area contributed by atoms with Crippen molar-refractivity contribution in [2.75, 3.05) is 52.9 Å². The molecule has 6 aliphatic rings. The van der Waals surface area contributed by atoms with Crippen LogP contribution >= 0.6 is 0 Å². The Morgan fingerprint density at radius 3 is 1.20 bits per heavy atom. The molecule has 4 atom stereocenters. The van der Waals surface area contributed by atoms with Crippen molar-refractivity contribution < 1.29 is 0 Å². The van der Waals surface area contributed by atoms with Gasteiger partial charge in [0.05, 0.1) is 0 Å². The van der Waals surface area contributed by atoms with E-state index in [-0.39, 0.29) is 0 Å². The molecular formula is C31H46N4. The van der Waals surface area contributed by atoms with E-state index in [0.717, 1.165) is 0 Å². The number of hydrogen-bond donors (Lipinski definition) is 0. The van der Waals surface area contributed by atoms with Crippen LogP contribution in [-0.2, 0) is 25.7 Å². The molecule has 2 fully saturated rings. The second-order valence-electron chi connectivity index (χ2n) is 11.2. The van der Waals surface area contributed by atoms with Crippen LogP contribution < -0.4 is 0 Å². The van der Waals surface area contributed by atoms with E-state index in [9.17, 15) is 0 Å². The van der Waals surface area contributed by atoms with Crippen LogP contribution in [0.1, 0.15) is 43.0 Å². The van der Waals surface area contributed by atoms with E-state index >= 15 is 0 Å². The Bertz CT molecular complexity index is 935. The van der Waals surface area contributed by atoms with Crippen molar-refractivity contribution in [1.29, 1.82) is 0 Å². The van der Waals surface area contributed by atoms with E-state index in [1.54, 1.807) is 22.3 Å². The molecular weight excluding hydrogens is 428 g/mol. The van der Waals surface area contributed by atoms with Gasteiger partial charge in [-0.2, -0.15) is 0 Å². The van der Waals surface area contributed by atoms with Gasteiger partial charge in [-0.3, -0.25) is 14.7 Å². The average Bonchev–Trinajstić information content (AvgIpc) is 2.85. The van der Waals surface area contributed by atoms with E-state index in [1.807, 2.05) is 0 Å². The summed E-state index contributed by atoms with van der Waals surface area (Å²) in [6.45, 7) is 15.5. The fourth-order valence-electron chi connectivity index (χ4n) is 7.12. The molecule has 6 aliphatic heterocycles. The van der Waals surface area contributed by atoms with Gasteiger partial charge in [-0.25, -0.2) is 0 Å². The lowest BCUT2D eigenvalue weighted by atomic mass is 9.88. The van der Waals surface area contributed by atoms with Crippen LogP contribution in [0.2, 0.25) is 0 Å². The summed E-state index contributed by atoms with van der Waals surface area (Å²) >= 11 is 0. The number of fused-ring (bicyclic) bond motifs is 4. The molecule has 0 saturated carbocycles. The molecule has 0 amide bonds. The van der Waals surface area contributed by atoms with Gasteiger partial charge in [0.15, 0.2) is 0 Å². The van der Waals surface area contributed by atoms with Crippen molar-refractivity contribution in [3.8, 4) is 0 Å². The minimum absolute atomic E-state index is 0.702. The van der Waals surface area contributed by atoms with E-state index in [1.165, 1.54) is 71.5 Å². The van der Waals surface area contributed by atoms with Crippen LogP contribution in [-0.4, -0.2) is 96.6 Å². The van der Waals surface area contributed by atoms with Crippen molar-refractivity contribution in [3.63, 3.8) is 0 Å². The number of likely N-dealkylation sites (N-methyl/N-ethyl adjacent to an activating group) is 4. The summed E-state index contributed by atoms with van der Waals surface area (Å²) in [6, 6.07) is 20.9. The second-order valence-corrected chi connectivity index (χ2v) is 11.2. The van der Waals surface area contributed by atoms with Gasteiger partial charge in [-0.15, -0.1) is 0 Å². The van der Waals surface area contributed by atoms with E-state index < -0.39 is 0 Å². The summed E-state index contributed by atoms with van der Waals surface area (Å²) in [5.41, 5.74) is 6.32. The van der Waals surface area contributed by atoms with Gasteiger partial charge < -0.3 is 4.90 Å². The monoisotopic (exact) mass is 474 g/mol. The first-order valence-corrected chi connectivity index (χ1v) is 14.1. The summed E-state index contributed by atoms with van der Waals surface area (Å²) in [5.74, 6) is 0. The van der Waals surface area contributed by atoms with Gasteiger partial charge in [0, 0.05) is 50.3 Å². The van der Waals surface area contributed by atoms with Gasteiger partial charge in [-0.1, -0.05) is 69.3 Å². The molecule has 2 aromatic rings. The highest BCUT2D eigenvalue weighted by Crippen LogP contribution is 2.28. The van der Waals surface area contributed by atoms with Crippen LogP contribution in [0.25, 0.3) is 0 Å². The van der Waals surface area contributed by atoms with Gasteiger partial charge >= 0.3 is 0 Å². The standard InChI is InChI=1S/C16H24N2.C15H22N2/c1-3-17-11-16-10-14-8-6-5-7-13(14)9-15(17)12-18(16)4-2;1-3-17-11-14-8-12-6-4-5-7-13(12)9-15(17)10-16(14)2/h5-8,15-16H,3-4,9-12H2,1-2H3;4-7,14-15H,3,8-11H2,1-2H3. The van der Waals surface area contributed by atoms with Gasteiger partial charge in [0.25, 0.3) is 0 Å². The number of nitrogens with zero attached hydrogens (tertiary/aromatic N) is 4. The fourth-order valence-corrected chi connectivity index (χ4v) is 7.12. The summed E-state index contributed by atoms with van der Waals surface area (Å²) in [5, 5.41) is 0. The molecule has 0 spiro atoms. The SMILES string of the molecule is CCN1CC2Cc3ccccc3CC1CN2C.CCN1CC2Cc3ccccc3CC1CN2CC. The maximum atomic E-state index is 2.69. The van der Waals surface area contributed by atoms with Gasteiger partial charge in [0.1, 0.15) is 0 Å². The molecule has 6 heterocycles. The summed E-state index contributed by atoms with van der Waals surface area (Å²) in [7, 11) is 2.29. The summed E-state index contributed by atoms with van der Waals surface area (Å²) < 4.78 is 0. The highest BCUT2D eigenvalue weighted by Gasteiger charge is 2.35. The molecule has 4 unspecified atom stereocenters. The molecule has 4 bridgehead atoms. The molecule has 4 nitrogen and oxygen atoms in total. The lowest BCUT2D eigenvalue weighted by Gasteiger charge is -2.48.